The molecule has 0 saturated carbocycles. The van der Waals surface area contributed by atoms with Crippen LogP contribution in [0.5, 0.6) is 11.6 Å². The highest BCUT2D eigenvalue weighted by Gasteiger charge is 2.29. The summed E-state index contributed by atoms with van der Waals surface area (Å²) in [6.07, 6.45) is -0.662. The molecule has 4 heterocycles. The number of hydrogen-bond donors (Lipinski definition) is 1. The maximum Gasteiger partial charge on any atom is 0.408 e. The second-order valence-electron chi connectivity index (χ2n) is 7.02. The molecule has 11 heteroatoms. The Morgan fingerprint density at radius 2 is 1.90 bits per heavy atom. The van der Waals surface area contributed by atoms with Gasteiger partial charge >= 0.3 is 6.18 Å². The van der Waals surface area contributed by atoms with Gasteiger partial charge < -0.3 is 9.84 Å². The Morgan fingerprint density at radius 1 is 1.16 bits per heavy atom. The Bertz CT molecular complexity index is 1290. The van der Waals surface area contributed by atoms with Gasteiger partial charge in [-0.1, -0.05) is 0 Å². The second-order valence-corrected chi connectivity index (χ2v) is 7.02. The Morgan fingerprint density at radius 3 is 2.58 bits per heavy atom. The molecule has 4 rings (SSSR count). The molecule has 0 aliphatic rings. The fourth-order valence-corrected chi connectivity index (χ4v) is 3.51. The number of nitrogens with zero attached hydrogens (tertiary/aromatic N) is 5. The minimum absolute atomic E-state index is 0.0359. The molecular formula is C20H17F4N5O2. The van der Waals surface area contributed by atoms with E-state index in [0.29, 0.717) is 33.4 Å². The van der Waals surface area contributed by atoms with Crippen LogP contribution in [0.4, 0.5) is 17.6 Å². The molecule has 4 aromatic heterocycles. The molecular weight excluding hydrogens is 418 g/mol. The first-order valence-corrected chi connectivity index (χ1v) is 9.10. The van der Waals surface area contributed by atoms with Crippen LogP contribution in [0.25, 0.3) is 27.8 Å². The second kappa shape index (κ2) is 7.25. The number of rotatable bonds is 4. The van der Waals surface area contributed by atoms with Crippen molar-refractivity contribution in [1.29, 1.82) is 0 Å². The van der Waals surface area contributed by atoms with Gasteiger partial charge in [-0.3, -0.25) is 9.25 Å². The van der Waals surface area contributed by atoms with Crippen molar-refractivity contribution in [3.05, 3.63) is 47.9 Å². The fourth-order valence-electron chi connectivity index (χ4n) is 3.51. The smallest absolute Gasteiger partial charge is 0.408 e. The lowest BCUT2D eigenvalue weighted by Crippen LogP contribution is -2.17. The number of ether oxygens (including phenoxy) is 1. The molecule has 0 saturated heterocycles. The third-order valence-electron chi connectivity index (χ3n) is 4.87. The summed E-state index contributed by atoms with van der Waals surface area (Å²) in [6.45, 7) is 2.20. The molecule has 31 heavy (non-hydrogen) atoms. The van der Waals surface area contributed by atoms with Crippen LogP contribution in [0.2, 0.25) is 0 Å². The lowest BCUT2D eigenvalue weighted by molar-refractivity contribution is -0.142. The highest BCUT2D eigenvalue weighted by Crippen LogP contribution is 2.37. The van der Waals surface area contributed by atoms with E-state index in [1.165, 1.54) is 36.3 Å². The summed E-state index contributed by atoms with van der Waals surface area (Å²) in [7, 11) is 1.33. The van der Waals surface area contributed by atoms with Crippen molar-refractivity contribution in [2.75, 3.05) is 7.11 Å². The number of alkyl halides is 3. The molecule has 0 spiro atoms. The third kappa shape index (κ3) is 3.66. The van der Waals surface area contributed by atoms with Crippen LogP contribution >= 0.6 is 0 Å². The van der Waals surface area contributed by atoms with Crippen LogP contribution in [0.3, 0.4) is 0 Å². The van der Waals surface area contributed by atoms with E-state index in [0.717, 1.165) is 4.68 Å². The van der Waals surface area contributed by atoms with Gasteiger partial charge in [-0.2, -0.15) is 22.7 Å². The lowest BCUT2D eigenvalue weighted by Gasteiger charge is -2.06. The van der Waals surface area contributed by atoms with Crippen LogP contribution < -0.4 is 4.74 Å². The van der Waals surface area contributed by atoms with Gasteiger partial charge in [0, 0.05) is 23.7 Å². The predicted octanol–water partition coefficient (Wildman–Crippen LogP) is 4.32. The number of aryl methyl sites for hydroxylation is 2. The van der Waals surface area contributed by atoms with Gasteiger partial charge in [-0.25, -0.2) is 9.97 Å². The fraction of sp³-hybridized carbons (Fsp3) is 0.250. The summed E-state index contributed by atoms with van der Waals surface area (Å²) in [6, 6.07) is 3.16. The van der Waals surface area contributed by atoms with Crippen molar-refractivity contribution in [3.8, 4) is 28.6 Å². The first-order chi connectivity index (χ1) is 14.6. The Labute approximate surface area is 173 Å². The maximum absolute atomic E-state index is 13.7. The molecule has 0 radical (unpaired) electrons. The highest BCUT2D eigenvalue weighted by atomic mass is 19.4. The molecule has 0 unspecified atom stereocenters. The predicted molar refractivity (Wildman–Crippen MR) is 104 cm³/mol. The van der Waals surface area contributed by atoms with Gasteiger partial charge in [0.25, 0.3) is 5.95 Å². The summed E-state index contributed by atoms with van der Waals surface area (Å²) in [4.78, 5) is 8.25. The van der Waals surface area contributed by atoms with Gasteiger partial charge in [0.1, 0.15) is 6.54 Å². The van der Waals surface area contributed by atoms with Crippen molar-refractivity contribution < 1.29 is 27.4 Å². The molecule has 0 atom stereocenters. The van der Waals surface area contributed by atoms with Crippen molar-refractivity contribution in [2.45, 2.75) is 26.6 Å². The minimum atomic E-state index is -4.42. The first-order valence-electron chi connectivity index (χ1n) is 9.10. The number of aromatic nitrogens is 5. The lowest BCUT2D eigenvalue weighted by atomic mass is 10.1. The number of methoxy groups -OCH3 is 1. The van der Waals surface area contributed by atoms with E-state index in [1.807, 2.05) is 0 Å². The largest absolute Gasteiger partial charge is 0.494 e. The van der Waals surface area contributed by atoms with Gasteiger partial charge in [0.05, 0.1) is 35.6 Å². The molecule has 162 valence electrons. The van der Waals surface area contributed by atoms with E-state index in [1.54, 1.807) is 19.9 Å². The zero-order valence-electron chi connectivity index (χ0n) is 16.7. The molecule has 0 amide bonds. The monoisotopic (exact) mass is 435 g/mol. The molecule has 0 bridgehead atoms. The van der Waals surface area contributed by atoms with Gasteiger partial charge in [0.2, 0.25) is 5.88 Å². The van der Waals surface area contributed by atoms with E-state index in [2.05, 4.69) is 15.1 Å². The van der Waals surface area contributed by atoms with Crippen molar-refractivity contribution >= 4 is 10.9 Å². The van der Waals surface area contributed by atoms with E-state index in [4.69, 9.17) is 4.74 Å². The van der Waals surface area contributed by atoms with Crippen molar-refractivity contribution in [2.24, 2.45) is 0 Å². The summed E-state index contributed by atoms with van der Waals surface area (Å²) in [5.74, 6) is -0.948. The summed E-state index contributed by atoms with van der Waals surface area (Å²) in [5, 5.41) is 15.0. The van der Waals surface area contributed by atoms with Crippen LogP contribution in [-0.4, -0.2) is 42.7 Å². The van der Waals surface area contributed by atoms with Gasteiger partial charge in [-0.05, 0) is 31.5 Å². The minimum Gasteiger partial charge on any atom is -0.494 e. The normalized spacial score (nSPS) is 12.0. The Kier molecular flexibility index (Phi) is 4.83. The van der Waals surface area contributed by atoms with Crippen LogP contribution in [-0.2, 0) is 6.54 Å². The van der Waals surface area contributed by atoms with Crippen molar-refractivity contribution in [1.82, 2.24) is 24.3 Å². The van der Waals surface area contributed by atoms with Crippen LogP contribution in [0, 0.1) is 19.8 Å². The number of fused-ring (bicyclic) bond motifs is 1. The average molecular weight is 435 g/mol. The van der Waals surface area contributed by atoms with Crippen LogP contribution in [0.1, 0.15) is 11.3 Å². The summed E-state index contributed by atoms with van der Waals surface area (Å²) >= 11 is 0. The summed E-state index contributed by atoms with van der Waals surface area (Å²) in [5.41, 5.74) is 2.87. The first kappa shape index (κ1) is 20.6. The zero-order valence-corrected chi connectivity index (χ0v) is 16.7. The zero-order chi connectivity index (χ0) is 22.5. The number of halogens is 4. The maximum atomic E-state index is 13.7. The summed E-state index contributed by atoms with van der Waals surface area (Å²) < 4.78 is 58.7. The molecule has 1 N–H and O–H groups in total. The van der Waals surface area contributed by atoms with Gasteiger partial charge in [-0.15, -0.1) is 0 Å². The third-order valence-corrected chi connectivity index (χ3v) is 4.87. The topological polar surface area (TPSA) is 78.0 Å². The number of hydrogen-bond acceptors (Lipinski definition) is 5. The van der Waals surface area contributed by atoms with E-state index in [9.17, 15) is 22.7 Å². The van der Waals surface area contributed by atoms with E-state index < -0.39 is 18.7 Å². The molecule has 0 aromatic carbocycles. The van der Waals surface area contributed by atoms with Crippen molar-refractivity contribution in [3.63, 3.8) is 0 Å². The quantitative estimate of drug-likeness (QED) is 0.382. The Balaban J connectivity index is 1.85. The number of aromatic hydroxyl groups is 1. The standard InChI is InChI=1S/C20H17F4N5O2/c1-10-4-14(12-5-15(31-3)18(21)25-6-12)27-17-11(2)29(19(30)16(10)17)13-7-26-28(8-13)9-20(22,23)24/h4-8,30H,9H2,1-3H3. The molecule has 7 nitrogen and oxygen atoms in total. The van der Waals surface area contributed by atoms with E-state index >= 15 is 0 Å². The van der Waals surface area contributed by atoms with Gasteiger partial charge in [0.15, 0.2) is 5.75 Å². The van der Waals surface area contributed by atoms with E-state index in [-0.39, 0.29) is 17.3 Å². The average Bonchev–Trinajstić information content (AvgIpc) is 3.23. The molecule has 4 aromatic rings. The SMILES string of the molecule is COc1cc(-c2cc(C)c3c(O)n(-c4cnn(CC(F)(F)F)c4)c(C)c3n2)cnc1F. The number of pyridine rings is 2. The molecule has 0 aliphatic heterocycles. The Hall–Kier alpha value is -3.63. The highest BCUT2D eigenvalue weighted by molar-refractivity contribution is 5.93. The molecule has 0 fully saturated rings. The van der Waals surface area contributed by atoms with Crippen LogP contribution in [0.15, 0.2) is 30.7 Å². The molecule has 0 aliphatic carbocycles.